The third-order valence-electron chi connectivity index (χ3n) is 0. The molecule has 0 N–H and O–H groups in total. The molecule has 0 amide bonds. The standard InChI is InChI=1S/Ca.Eu.Ga.In.Zr.8H. The molecule has 0 fully saturated rings. The van der Waals surface area contributed by atoms with Gasteiger partial charge in [-0.15, -0.1) is 0 Å². The van der Waals surface area contributed by atoms with Gasteiger partial charge in [-0.05, 0) is 0 Å². The van der Waals surface area contributed by atoms with Crippen LogP contribution in [0.3, 0.4) is 0 Å². The second kappa shape index (κ2) is 22.9. The van der Waals surface area contributed by atoms with Gasteiger partial charge in [0.2, 0.25) is 0 Å². The van der Waals surface area contributed by atoms with Crippen molar-refractivity contribution in [3.05, 3.63) is 0 Å². The summed E-state index contributed by atoms with van der Waals surface area (Å²) in [6.45, 7) is 0. The molecule has 0 rings (SSSR count). The van der Waals surface area contributed by atoms with E-state index in [4.69, 9.17) is 0 Å². The Morgan fingerprint density at radius 3 is 1.00 bits per heavy atom. The van der Waals surface area contributed by atoms with E-state index in [0.29, 0.717) is 0 Å². The molecule has 0 aliphatic rings. The van der Waals surface area contributed by atoms with E-state index >= 15 is 0 Å². The van der Waals surface area contributed by atoms with Crippen LogP contribution in [0.15, 0.2) is 0 Å². The van der Waals surface area contributed by atoms with Gasteiger partial charge in [-0.25, -0.2) is 0 Å². The molecule has 0 bridgehead atoms. The van der Waals surface area contributed by atoms with Crippen molar-refractivity contribution in [2.75, 3.05) is 0 Å². The fourth-order valence-corrected chi connectivity index (χ4v) is 0. The van der Waals surface area contributed by atoms with Gasteiger partial charge in [0.05, 0.1) is 0 Å². The van der Waals surface area contributed by atoms with Crippen molar-refractivity contribution in [1.82, 2.24) is 0 Å². The van der Waals surface area contributed by atoms with Crippen molar-refractivity contribution >= 4 is 83.4 Å². The monoisotopic (exact) mass is 475 g/mol. The van der Waals surface area contributed by atoms with Crippen LogP contribution in [0.1, 0.15) is 0 Å². The van der Waals surface area contributed by atoms with Crippen LogP contribution >= 0.6 is 0 Å². The molecule has 0 aromatic rings. The van der Waals surface area contributed by atoms with Gasteiger partial charge < -0.3 is 0 Å². The average molecular weight is 476 g/mol. The minimum Gasteiger partial charge on any atom is 0 e. The molecule has 0 aliphatic carbocycles. The van der Waals surface area contributed by atoms with E-state index in [9.17, 15) is 0 Å². The molecular weight excluding hydrogens is 468 g/mol. The molecule has 5 heteroatoms. The minimum absolute atomic E-state index is 0. The van der Waals surface area contributed by atoms with Gasteiger partial charge in [0.25, 0.3) is 0 Å². The molecule has 0 spiro atoms. The van der Waals surface area contributed by atoms with Crippen LogP contribution < -0.4 is 0 Å². The Morgan fingerprint density at radius 2 is 1.00 bits per heavy atom. The van der Waals surface area contributed by atoms with Crippen LogP contribution in [0, 0.1) is 49.4 Å². The maximum Gasteiger partial charge on any atom is 0 e. The van der Waals surface area contributed by atoms with E-state index in [-0.39, 0.29) is 159 Å². The molecule has 0 atom stereocenters. The van der Waals surface area contributed by atoms with Gasteiger partial charge in [-0.3, -0.25) is 0 Å². The van der Waals surface area contributed by atoms with E-state index in [0.717, 1.165) is 0 Å². The summed E-state index contributed by atoms with van der Waals surface area (Å²) in [5, 5.41) is 0. The zero-order valence-electron chi connectivity index (χ0n) is 0.878. The first-order chi connectivity index (χ1) is 0. The van der Waals surface area contributed by atoms with Crippen LogP contribution in [0.25, 0.3) is 0 Å². The summed E-state index contributed by atoms with van der Waals surface area (Å²) in [4.78, 5) is 0. The third kappa shape index (κ3) is 17.6. The quantitative estimate of drug-likeness (QED) is 0.322. The largest absolute Gasteiger partial charge is 0 e. The van der Waals surface area contributed by atoms with E-state index in [1.165, 1.54) is 0 Å². The number of hydrogen-bond acceptors (Lipinski definition) is 0. The predicted molar refractivity (Wildman–Crippen MR) is 28.4 cm³/mol. The number of hydrogen-bond donors (Lipinski definition) is 0. The Hall–Kier alpha value is 5.23. The topological polar surface area (TPSA) is 0 Å². The Morgan fingerprint density at radius 1 is 1.00 bits per heavy atom. The van der Waals surface area contributed by atoms with Crippen molar-refractivity contribution < 1.29 is 75.6 Å². The number of rotatable bonds is 0. The SMILES string of the molecule is [CaH2].[Eu].[GaH3].[InH3].[Zr]. The van der Waals surface area contributed by atoms with Crippen molar-refractivity contribution in [2.24, 2.45) is 0 Å². The molecule has 1 radical (unpaired) electrons. The summed E-state index contributed by atoms with van der Waals surface area (Å²) in [6.07, 6.45) is 0. The first-order valence-electron chi connectivity index (χ1n) is 0. The molecule has 0 saturated heterocycles. The molecule has 0 aliphatic heterocycles. The Balaban J connectivity index is 0. The maximum absolute atomic E-state index is 0. The van der Waals surface area contributed by atoms with Crippen LogP contribution in [0.5, 0.6) is 0 Å². The minimum atomic E-state index is 0. The van der Waals surface area contributed by atoms with Gasteiger partial charge in [0.15, 0.2) is 0 Å². The van der Waals surface area contributed by atoms with Crippen LogP contribution in [-0.4, -0.2) is 83.4 Å². The molecule has 0 aromatic heterocycles. The summed E-state index contributed by atoms with van der Waals surface area (Å²) in [5.41, 5.74) is 0. The van der Waals surface area contributed by atoms with Crippen LogP contribution in [0.2, 0.25) is 0 Å². The van der Waals surface area contributed by atoms with E-state index in [1.807, 2.05) is 0 Å². The van der Waals surface area contributed by atoms with Crippen molar-refractivity contribution in [3.8, 4) is 0 Å². The Bertz CT molecular complexity index is 11.6. The molecule has 0 aromatic carbocycles. The summed E-state index contributed by atoms with van der Waals surface area (Å²) in [5.74, 6) is 0. The summed E-state index contributed by atoms with van der Waals surface area (Å²) in [6, 6.07) is 0. The fraction of sp³-hybridized carbons (Fsp3) is 0. The van der Waals surface area contributed by atoms with Crippen molar-refractivity contribution in [2.45, 2.75) is 0 Å². The van der Waals surface area contributed by atoms with E-state index in [1.54, 1.807) is 0 Å². The Kier molecular flexibility index (Phi) is 146. The molecule has 0 unspecified atom stereocenters. The smallest absolute Gasteiger partial charge is 0 e. The first kappa shape index (κ1) is 31.9. The summed E-state index contributed by atoms with van der Waals surface area (Å²) >= 11 is 0. The van der Waals surface area contributed by atoms with Gasteiger partial charge >= 0.3 is 83.4 Å². The first-order valence-corrected chi connectivity index (χ1v) is 0. The van der Waals surface area contributed by atoms with Crippen LogP contribution in [-0.2, 0) is 26.2 Å². The van der Waals surface area contributed by atoms with Crippen molar-refractivity contribution in [3.63, 3.8) is 0 Å². The molecule has 5 heavy (non-hydrogen) atoms. The molecule has 27 valence electrons. The zero-order valence-corrected chi connectivity index (χ0v) is 5.76. The summed E-state index contributed by atoms with van der Waals surface area (Å²) in [7, 11) is 0. The second-order valence-corrected chi connectivity index (χ2v) is 0. The van der Waals surface area contributed by atoms with Gasteiger partial charge in [-0.2, -0.15) is 0 Å². The van der Waals surface area contributed by atoms with E-state index in [2.05, 4.69) is 0 Å². The third-order valence-corrected chi connectivity index (χ3v) is 0. The average Bonchev–Trinajstić information content (AvgIpc) is 0. The zero-order chi connectivity index (χ0) is 0. The molecule has 0 heterocycles. The predicted octanol–water partition coefficient (Wildman–Crippen LogP) is -3.29. The maximum atomic E-state index is 0. The van der Waals surface area contributed by atoms with Crippen LogP contribution in [0.4, 0.5) is 0 Å². The molecular formula is H8CaEuGaInZr. The van der Waals surface area contributed by atoms with Gasteiger partial charge in [-0.1, -0.05) is 0 Å². The van der Waals surface area contributed by atoms with Gasteiger partial charge in [0, 0.05) is 75.6 Å². The second-order valence-electron chi connectivity index (χ2n) is 0. The van der Waals surface area contributed by atoms with Crippen molar-refractivity contribution in [1.29, 1.82) is 0 Å². The fourth-order valence-electron chi connectivity index (χ4n) is 0. The molecule has 0 nitrogen and oxygen atoms in total. The molecule has 0 saturated carbocycles. The summed E-state index contributed by atoms with van der Waals surface area (Å²) < 4.78 is 0. The normalized spacial score (nSPS) is 0. The van der Waals surface area contributed by atoms with Gasteiger partial charge in [0.1, 0.15) is 0 Å². The van der Waals surface area contributed by atoms with E-state index < -0.39 is 0 Å². The Labute approximate surface area is 154 Å².